The molecule has 0 aliphatic carbocycles. The smallest absolute Gasteiger partial charge is 0.308 e. The summed E-state index contributed by atoms with van der Waals surface area (Å²) in [5, 5.41) is 8.99. The maximum absolute atomic E-state index is 12.2. The van der Waals surface area contributed by atoms with Gasteiger partial charge in [-0.05, 0) is 25.7 Å². The van der Waals surface area contributed by atoms with Crippen LogP contribution in [0.5, 0.6) is 0 Å². The third-order valence-electron chi connectivity index (χ3n) is 3.65. The van der Waals surface area contributed by atoms with Crippen LogP contribution in [-0.2, 0) is 14.3 Å². The van der Waals surface area contributed by atoms with E-state index in [1.807, 2.05) is 0 Å². The maximum Gasteiger partial charge on any atom is 0.308 e. The summed E-state index contributed by atoms with van der Waals surface area (Å²) in [5.74, 6) is -1.00. The molecule has 96 valence electrons. The Bertz CT molecular complexity index is 299. The monoisotopic (exact) mass is 241 g/mol. The molecule has 2 fully saturated rings. The van der Waals surface area contributed by atoms with E-state index in [1.54, 1.807) is 4.90 Å². The minimum atomic E-state index is -0.783. The lowest BCUT2D eigenvalue weighted by molar-refractivity contribution is -0.147. The largest absolute Gasteiger partial charge is 0.481 e. The number of carboxylic acids is 1. The number of hydrogen-bond donors (Lipinski definition) is 1. The lowest BCUT2D eigenvalue weighted by atomic mass is 9.94. The van der Waals surface area contributed by atoms with Gasteiger partial charge in [-0.15, -0.1) is 0 Å². The van der Waals surface area contributed by atoms with Crippen LogP contribution in [0.4, 0.5) is 0 Å². The summed E-state index contributed by atoms with van der Waals surface area (Å²) >= 11 is 0. The molecular formula is C12H19NO4. The number of hydrogen-bond acceptors (Lipinski definition) is 3. The van der Waals surface area contributed by atoms with Crippen molar-refractivity contribution in [1.29, 1.82) is 0 Å². The maximum atomic E-state index is 12.2. The van der Waals surface area contributed by atoms with Crippen LogP contribution in [0.1, 0.15) is 25.7 Å². The van der Waals surface area contributed by atoms with Crippen molar-refractivity contribution in [3.8, 4) is 0 Å². The summed E-state index contributed by atoms with van der Waals surface area (Å²) in [7, 11) is 0. The Morgan fingerprint density at radius 2 is 1.82 bits per heavy atom. The fraction of sp³-hybridized carbons (Fsp3) is 0.833. The van der Waals surface area contributed by atoms with E-state index in [0.717, 1.165) is 19.3 Å². The van der Waals surface area contributed by atoms with Crippen molar-refractivity contribution < 1.29 is 19.4 Å². The molecule has 5 nitrogen and oxygen atoms in total. The second-order valence-electron chi connectivity index (χ2n) is 4.85. The van der Waals surface area contributed by atoms with Crippen molar-refractivity contribution >= 4 is 11.9 Å². The van der Waals surface area contributed by atoms with E-state index in [2.05, 4.69) is 0 Å². The van der Waals surface area contributed by atoms with E-state index in [0.29, 0.717) is 32.7 Å². The molecule has 1 atom stereocenters. The zero-order valence-electron chi connectivity index (χ0n) is 9.93. The van der Waals surface area contributed by atoms with Gasteiger partial charge >= 0.3 is 5.97 Å². The Morgan fingerprint density at radius 1 is 1.12 bits per heavy atom. The number of carbonyl (C=O) groups is 2. The molecule has 0 aromatic rings. The summed E-state index contributed by atoms with van der Waals surface area (Å²) in [5.41, 5.74) is 0. The Morgan fingerprint density at radius 3 is 2.47 bits per heavy atom. The van der Waals surface area contributed by atoms with Crippen LogP contribution in [0.3, 0.4) is 0 Å². The Hall–Kier alpha value is -1.10. The first kappa shape index (κ1) is 12.4. The van der Waals surface area contributed by atoms with Gasteiger partial charge in [-0.25, -0.2) is 0 Å². The van der Waals surface area contributed by atoms with Gasteiger partial charge in [0.15, 0.2) is 0 Å². The number of amides is 1. The second-order valence-corrected chi connectivity index (χ2v) is 4.85. The van der Waals surface area contributed by atoms with Gasteiger partial charge in [-0.3, -0.25) is 9.59 Å². The molecule has 2 rings (SSSR count). The number of likely N-dealkylation sites (tertiary alicyclic amines) is 1. The number of carboxylic acid groups (broad SMARTS) is 1. The first-order valence-corrected chi connectivity index (χ1v) is 6.28. The predicted octanol–water partition coefficient (Wildman–Crippen LogP) is 0.736. The Labute approximate surface area is 101 Å². The van der Waals surface area contributed by atoms with Crippen LogP contribution in [0.2, 0.25) is 0 Å². The van der Waals surface area contributed by atoms with Crippen LogP contribution in [0, 0.1) is 11.8 Å². The summed E-state index contributed by atoms with van der Waals surface area (Å²) in [4.78, 5) is 24.9. The number of aliphatic carboxylic acids is 1. The highest BCUT2D eigenvalue weighted by molar-refractivity contribution is 5.80. The van der Waals surface area contributed by atoms with Gasteiger partial charge in [0.05, 0.1) is 5.92 Å². The van der Waals surface area contributed by atoms with Crippen LogP contribution in [0.25, 0.3) is 0 Å². The highest BCUT2D eigenvalue weighted by Gasteiger charge is 2.32. The molecule has 1 unspecified atom stereocenters. The van der Waals surface area contributed by atoms with Crippen LogP contribution >= 0.6 is 0 Å². The Balaban J connectivity index is 1.91. The first-order valence-electron chi connectivity index (χ1n) is 6.28. The molecule has 0 spiro atoms. The van der Waals surface area contributed by atoms with Crippen molar-refractivity contribution in [2.75, 3.05) is 26.3 Å². The summed E-state index contributed by atoms with van der Waals surface area (Å²) in [6.45, 7) is 2.38. The van der Waals surface area contributed by atoms with Gasteiger partial charge in [0.1, 0.15) is 0 Å². The number of rotatable bonds is 2. The fourth-order valence-electron chi connectivity index (χ4n) is 2.58. The summed E-state index contributed by atoms with van der Waals surface area (Å²) in [6, 6.07) is 0. The molecule has 2 heterocycles. The minimum absolute atomic E-state index is 0.0382. The van der Waals surface area contributed by atoms with Crippen molar-refractivity contribution in [2.24, 2.45) is 11.8 Å². The third kappa shape index (κ3) is 2.97. The molecular weight excluding hydrogens is 222 g/mol. The van der Waals surface area contributed by atoms with Gasteiger partial charge in [0, 0.05) is 32.2 Å². The van der Waals surface area contributed by atoms with E-state index >= 15 is 0 Å². The molecule has 1 N–H and O–H groups in total. The highest BCUT2D eigenvalue weighted by atomic mass is 16.5. The van der Waals surface area contributed by atoms with Crippen molar-refractivity contribution in [3.63, 3.8) is 0 Å². The standard InChI is InChI=1S/C12H19NO4/c14-11(9-3-6-17-7-4-9)13-5-1-2-10(8-13)12(15)16/h9-10H,1-8H2,(H,15,16). The zero-order chi connectivity index (χ0) is 12.3. The van der Waals surface area contributed by atoms with E-state index in [9.17, 15) is 9.59 Å². The highest BCUT2D eigenvalue weighted by Crippen LogP contribution is 2.22. The Kier molecular flexibility index (Phi) is 3.99. The van der Waals surface area contributed by atoms with E-state index in [1.165, 1.54) is 0 Å². The predicted molar refractivity (Wildman–Crippen MR) is 60.5 cm³/mol. The number of ether oxygens (including phenoxy) is 1. The van der Waals surface area contributed by atoms with Crippen LogP contribution < -0.4 is 0 Å². The molecule has 2 aliphatic rings. The molecule has 0 bridgehead atoms. The summed E-state index contributed by atoms with van der Waals surface area (Å²) in [6.07, 6.45) is 3.03. The van der Waals surface area contributed by atoms with Gasteiger partial charge in [0.25, 0.3) is 0 Å². The number of nitrogens with zero attached hydrogens (tertiary/aromatic N) is 1. The van der Waals surface area contributed by atoms with Crippen molar-refractivity contribution in [2.45, 2.75) is 25.7 Å². The van der Waals surface area contributed by atoms with E-state index in [4.69, 9.17) is 9.84 Å². The molecule has 0 aromatic heterocycles. The van der Waals surface area contributed by atoms with Gasteiger partial charge in [0.2, 0.25) is 5.91 Å². The fourth-order valence-corrected chi connectivity index (χ4v) is 2.58. The number of piperidine rings is 1. The van der Waals surface area contributed by atoms with Crippen LogP contribution in [-0.4, -0.2) is 48.2 Å². The molecule has 0 saturated carbocycles. The van der Waals surface area contributed by atoms with E-state index in [-0.39, 0.29) is 17.7 Å². The van der Waals surface area contributed by atoms with Gasteiger partial charge in [-0.1, -0.05) is 0 Å². The molecule has 1 amide bonds. The first-order chi connectivity index (χ1) is 8.18. The average Bonchev–Trinajstić information content (AvgIpc) is 2.39. The van der Waals surface area contributed by atoms with Crippen molar-refractivity contribution in [3.05, 3.63) is 0 Å². The third-order valence-corrected chi connectivity index (χ3v) is 3.65. The van der Waals surface area contributed by atoms with E-state index < -0.39 is 5.97 Å². The van der Waals surface area contributed by atoms with Gasteiger partial charge in [-0.2, -0.15) is 0 Å². The summed E-state index contributed by atoms with van der Waals surface area (Å²) < 4.78 is 5.23. The van der Waals surface area contributed by atoms with Crippen molar-refractivity contribution in [1.82, 2.24) is 4.90 Å². The number of carbonyl (C=O) groups excluding carboxylic acids is 1. The average molecular weight is 241 g/mol. The van der Waals surface area contributed by atoms with Gasteiger partial charge < -0.3 is 14.7 Å². The molecule has 17 heavy (non-hydrogen) atoms. The molecule has 0 radical (unpaired) electrons. The molecule has 2 aliphatic heterocycles. The zero-order valence-corrected chi connectivity index (χ0v) is 9.93. The minimum Gasteiger partial charge on any atom is -0.481 e. The van der Waals surface area contributed by atoms with Crippen LogP contribution in [0.15, 0.2) is 0 Å². The normalized spacial score (nSPS) is 26.8. The lowest BCUT2D eigenvalue weighted by Crippen LogP contribution is -2.45. The molecule has 0 aromatic carbocycles. The second kappa shape index (κ2) is 5.49. The lowest BCUT2D eigenvalue weighted by Gasteiger charge is -2.34. The topological polar surface area (TPSA) is 66.8 Å². The molecule has 2 saturated heterocycles. The SMILES string of the molecule is O=C(O)C1CCCN(C(=O)C2CCOCC2)C1. The molecule has 5 heteroatoms. The quantitative estimate of drug-likeness (QED) is 0.774.